The highest BCUT2D eigenvalue weighted by Gasteiger charge is 2.60. The van der Waals surface area contributed by atoms with Crippen molar-refractivity contribution in [2.75, 3.05) is 0 Å². The number of carbonyl (C=O) groups excluding carboxylic acids is 3. The van der Waals surface area contributed by atoms with Gasteiger partial charge in [0.05, 0.1) is 5.92 Å². The number of nitrogens with zero attached hydrogens (tertiary/aromatic N) is 1. The summed E-state index contributed by atoms with van der Waals surface area (Å²) >= 11 is 0. The molecule has 0 aliphatic carbocycles. The molecule has 27 heavy (non-hydrogen) atoms. The van der Waals surface area contributed by atoms with E-state index in [0.29, 0.717) is 19.3 Å². The number of esters is 1. The molecule has 1 aromatic rings. The first-order valence-corrected chi connectivity index (χ1v) is 12.5. The summed E-state index contributed by atoms with van der Waals surface area (Å²) in [7, 11) is -2.19. The van der Waals surface area contributed by atoms with Crippen LogP contribution >= 0.6 is 0 Å². The molecule has 0 saturated carbocycles. The smallest absolute Gasteiger partial charge is 0.329 e. The van der Waals surface area contributed by atoms with E-state index in [1.54, 1.807) is 0 Å². The van der Waals surface area contributed by atoms with E-state index in [0.717, 1.165) is 11.8 Å². The molecule has 1 aliphatic rings. The lowest BCUT2D eigenvalue weighted by molar-refractivity contribution is -0.169. The van der Waals surface area contributed by atoms with Crippen LogP contribution in [0.4, 0.5) is 0 Å². The zero-order valence-corrected chi connectivity index (χ0v) is 18.0. The van der Waals surface area contributed by atoms with Crippen molar-refractivity contribution in [3.05, 3.63) is 35.9 Å². The Kier molecular flexibility index (Phi) is 6.62. The highest BCUT2D eigenvalue weighted by Crippen LogP contribution is 2.46. The zero-order chi connectivity index (χ0) is 20.2. The van der Waals surface area contributed by atoms with Crippen LogP contribution in [0.15, 0.2) is 30.3 Å². The minimum absolute atomic E-state index is 0.0363. The third-order valence-corrected chi connectivity index (χ3v) is 11.3. The van der Waals surface area contributed by atoms with Gasteiger partial charge in [-0.05, 0) is 23.4 Å². The molecule has 1 heterocycles. The second-order valence-corrected chi connectivity index (χ2v) is 13.9. The molecule has 6 heteroatoms. The van der Waals surface area contributed by atoms with Crippen LogP contribution in [0, 0.1) is 5.92 Å². The van der Waals surface area contributed by atoms with Crippen LogP contribution in [-0.4, -0.2) is 37.0 Å². The Balaban J connectivity index is 2.17. The Hall–Kier alpha value is -1.95. The molecule has 5 nitrogen and oxygen atoms in total. The van der Waals surface area contributed by atoms with Gasteiger partial charge in [0.1, 0.15) is 18.9 Å². The van der Waals surface area contributed by atoms with Crippen LogP contribution in [0.25, 0.3) is 0 Å². The van der Waals surface area contributed by atoms with Crippen LogP contribution in [0.2, 0.25) is 18.1 Å². The number of hydrogen-bond donors (Lipinski definition) is 0. The van der Waals surface area contributed by atoms with Crippen LogP contribution < -0.4 is 0 Å². The van der Waals surface area contributed by atoms with Crippen molar-refractivity contribution in [1.82, 2.24) is 4.57 Å². The monoisotopic (exact) mass is 389 g/mol. The van der Waals surface area contributed by atoms with E-state index in [2.05, 4.69) is 33.9 Å². The van der Waals surface area contributed by atoms with Gasteiger partial charge in [-0.15, -0.1) is 0 Å². The third-order valence-electron chi connectivity index (χ3n) is 5.95. The molecule has 0 spiro atoms. The summed E-state index contributed by atoms with van der Waals surface area (Å²) in [6.07, 6.45) is 2.44. The van der Waals surface area contributed by atoms with Gasteiger partial charge >= 0.3 is 5.97 Å². The Labute approximate surface area is 163 Å². The van der Waals surface area contributed by atoms with Crippen molar-refractivity contribution in [1.29, 1.82) is 0 Å². The lowest BCUT2D eigenvalue weighted by Crippen LogP contribution is -2.74. The first-order valence-electron chi connectivity index (χ1n) is 9.58. The summed E-state index contributed by atoms with van der Waals surface area (Å²) in [5.41, 5.74) is 0.924. The minimum Gasteiger partial charge on any atom is -0.459 e. The van der Waals surface area contributed by atoms with Gasteiger partial charge in [-0.25, -0.2) is 4.79 Å². The Morgan fingerprint density at radius 1 is 1.22 bits per heavy atom. The molecule has 1 fully saturated rings. The molecule has 1 aromatic carbocycles. The minimum atomic E-state index is -2.19. The predicted octanol–water partition coefficient (Wildman–Crippen LogP) is 3.93. The highest BCUT2D eigenvalue weighted by atomic mass is 28.3. The van der Waals surface area contributed by atoms with Crippen molar-refractivity contribution in [3.63, 3.8) is 0 Å². The number of benzene rings is 1. The molecular formula is C21H31NO4Si. The molecular weight excluding hydrogens is 358 g/mol. The van der Waals surface area contributed by atoms with Gasteiger partial charge in [-0.1, -0.05) is 64.2 Å². The Bertz CT molecular complexity index is 681. The summed E-state index contributed by atoms with van der Waals surface area (Å²) in [5.74, 6) is -0.670. The van der Waals surface area contributed by atoms with Gasteiger partial charge in [0.15, 0.2) is 8.24 Å². The van der Waals surface area contributed by atoms with E-state index in [1.807, 2.05) is 34.9 Å². The van der Waals surface area contributed by atoms with E-state index in [-0.39, 0.29) is 29.4 Å². The van der Waals surface area contributed by atoms with Crippen LogP contribution in [0.5, 0.6) is 0 Å². The Morgan fingerprint density at radius 2 is 1.85 bits per heavy atom. The van der Waals surface area contributed by atoms with E-state index in [1.165, 1.54) is 0 Å². The fourth-order valence-corrected chi connectivity index (χ4v) is 5.74. The molecule has 1 aliphatic heterocycles. The van der Waals surface area contributed by atoms with Gasteiger partial charge in [0.25, 0.3) is 0 Å². The number of rotatable bonds is 8. The summed E-state index contributed by atoms with van der Waals surface area (Å²) in [4.78, 5) is 36.4. The third kappa shape index (κ3) is 4.49. The van der Waals surface area contributed by atoms with Gasteiger partial charge < -0.3 is 14.1 Å². The number of ether oxygens (including phenoxy) is 1. The molecule has 148 valence electrons. The zero-order valence-electron chi connectivity index (χ0n) is 17.0. The van der Waals surface area contributed by atoms with Crippen LogP contribution in [0.3, 0.4) is 0 Å². The summed E-state index contributed by atoms with van der Waals surface area (Å²) in [6.45, 7) is 10.8. The largest absolute Gasteiger partial charge is 0.459 e. The maximum atomic E-state index is 12.9. The standard InChI is InChI=1S/C21H31NO4Si/c1-21(2,3)27(4,5)22-18(17(19(22)24)13-9-10-14-23)20(25)26-15-16-11-7-6-8-12-16/h6-8,11-12,14,17-18H,9-10,13,15H2,1-5H3/t17-,18+/m1/s1. The van der Waals surface area contributed by atoms with Crippen molar-refractivity contribution >= 4 is 26.4 Å². The molecule has 1 saturated heterocycles. The molecule has 0 unspecified atom stereocenters. The maximum Gasteiger partial charge on any atom is 0.329 e. The topological polar surface area (TPSA) is 63.7 Å². The van der Waals surface area contributed by atoms with E-state index >= 15 is 0 Å². The predicted molar refractivity (Wildman–Crippen MR) is 107 cm³/mol. The molecule has 1 amide bonds. The summed E-state index contributed by atoms with van der Waals surface area (Å²) < 4.78 is 7.40. The molecule has 0 N–H and O–H groups in total. The number of unbranched alkanes of at least 4 members (excludes halogenated alkanes) is 1. The number of β-lactam (4-membered cyclic amide) rings is 1. The quantitative estimate of drug-likeness (QED) is 0.222. The van der Waals surface area contributed by atoms with Crippen LogP contribution in [0.1, 0.15) is 45.6 Å². The van der Waals surface area contributed by atoms with Crippen LogP contribution in [-0.2, 0) is 25.7 Å². The second-order valence-electron chi connectivity index (χ2n) is 8.76. The Morgan fingerprint density at radius 3 is 2.41 bits per heavy atom. The van der Waals surface area contributed by atoms with Gasteiger partial charge in [-0.3, -0.25) is 4.79 Å². The van der Waals surface area contributed by atoms with Crippen molar-refractivity contribution < 1.29 is 19.1 Å². The number of aldehydes is 1. The summed E-state index contributed by atoms with van der Waals surface area (Å²) in [5, 5.41) is -0.0611. The molecule has 0 aromatic heterocycles. The summed E-state index contributed by atoms with van der Waals surface area (Å²) in [6, 6.07) is 9.01. The van der Waals surface area contributed by atoms with Crippen molar-refractivity contribution in [3.8, 4) is 0 Å². The van der Waals surface area contributed by atoms with Gasteiger partial charge in [-0.2, -0.15) is 0 Å². The maximum absolute atomic E-state index is 12.9. The first kappa shape index (κ1) is 21.3. The molecule has 0 radical (unpaired) electrons. The van der Waals surface area contributed by atoms with Gasteiger partial charge in [0.2, 0.25) is 5.91 Å². The lowest BCUT2D eigenvalue weighted by Gasteiger charge is -2.57. The average molecular weight is 390 g/mol. The van der Waals surface area contributed by atoms with Crippen molar-refractivity contribution in [2.45, 2.75) is 70.8 Å². The van der Waals surface area contributed by atoms with E-state index in [4.69, 9.17) is 4.74 Å². The first-order chi connectivity index (χ1) is 12.6. The normalized spacial score (nSPS) is 20.2. The SMILES string of the molecule is CC(C)(C)[Si](C)(C)N1C(=O)[C@H](CCCC=O)[C@H]1C(=O)OCc1ccccc1. The molecule has 2 rings (SSSR count). The van der Waals surface area contributed by atoms with Crippen molar-refractivity contribution in [2.24, 2.45) is 5.92 Å². The van der Waals surface area contributed by atoms with E-state index < -0.39 is 14.3 Å². The van der Waals surface area contributed by atoms with E-state index in [9.17, 15) is 14.4 Å². The average Bonchev–Trinajstić information content (AvgIpc) is 2.60. The number of hydrogen-bond acceptors (Lipinski definition) is 4. The fourth-order valence-electron chi connectivity index (χ4n) is 3.32. The number of amides is 1. The molecule has 0 bridgehead atoms. The fraction of sp³-hybridized carbons (Fsp3) is 0.571. The second kappa shape index (κ2) is 8.38. The number of carbonyl (C=O) groups is 3. The highest BCUT2D eigenvalue weighted by molar-refractivity contribution is 6.80. The lowest BCUT2D eigenvalue weighted by atomic mass is 9.86. The molecule has 2 atom stereocenters. The van der Waals surface area contributed by atoms with Gasteiger partial charge in [0, 0.05) is 6.42 Å².